The number of carboxylic acids is 1. The first kappa shape index (κ1) is 30.7. The van der Waals surface area contributed by atoms with Crippen molar-refractivity contribution < 1.29 is 23.8 Å². The van der Waals surface area contributed by atoms with Crippen molar-refractivity contribution in [3.63, 3.8) is 0 Å². The minimum atomic E-state index is -1.25. The number of benzene rings is 1. The molecule has 1 saturated heterocycles. The first-order chi connectivity index (χ1) is 19.2. The monoisotopic (exact) mass is 583 g/mol. The van der Waals surface area contributed by atoms with Crippen LogP contribution in [0.4, 0.5) is 10.1 Å². The van der Waals surface area contributed by atoms with Gasteiger partial charge in [-0.3, -0.25) is 4.98 Å². The van der Waals surface area contributed by atoms with Gasteiger partial charge in [0.2, 0.25) is 5.88 Å². The lowest BCUT2D eigenvalue weighted by Crippen LogP contribution is -2.39. The Bertz CT molecular complexity index is 1380. The first-order valence-corrected chi connectivity index (χ1v) is 14.3. The quantitative estimate of drug-likeness (QED) is 0.280. The molecule has 4 rings (SSSR count). The average molecular weight is 584 g/mol. The molecule has 3 aromatic rings. The molecule has 1 fully saturated rings. The maximum Gasteiger partial charge on any atom is 0.337 e. The maximum absolute atomic E-state index is 15.3. The summed E-state index contributed by atoms with van der Waals surface area (Å²) in [7, 11) is 0. The number of hydrogen-bond acceptors (Lipinski definition) is 6. The van der Waals surface area contributed by atoms with E-state index < -0.39 is 23.5 Å². The van der Waals surface area contributed by atoms with E-state index in [9.17, 15) is 9.90 Å². The molecule has 0 saturated carbocycles. The zero-order valence-corrected chi connectivity index (χ0v) is 25.4. The standard InChI is InChI=1S/C32H39ClFN3O4/c1-20-26(28(30(38)39)41-31(2,3)4)27(37-14-12-32(5,6)13-15-37)24(19-35-20)22-17-25(34)29(36-18-22)40-16-11-21-7-9-23(33)10-8-21/h7-10,17-19,28H,11-16H2,1-6H3,(H,38,39)/t28-/m0/s1. The van der Waals surface area contributed by atoms with E-state index in [0.717, 1.165) is 31.5 Å². The molecular formula is C32H39ClFN3O4. The Kier molecular flexibility index (Phi) is 9.24. The summed E-state index contributed by atoms with van der Waals surface area (Å²) >= 11 is 5.95. The number of piperidine rings is 1. The number of hydrogen-bond donors (Lipinski definition) is 1. The van der Waals surface area contributed by atoms with Gasteiger partial charge in [0.15, 0.2) is 11.9 Å². The number of ether oxygens (including phenoxy) is 2. The van der Waals surface area contributed by atoms with Gasteiger partial charge in [-0.1, -0.05) is 37.6 Å². The van der Waals surface area contributed by atoms with Crippen LogP contribution in [0, 0.1) is 18.2 Å². The Morgan fingerprint density at radius 3 is 2.39 bits per heavy atom. The third kappa shape index (κ3) is 7.74. The van der Waals surface area contributed by atoms with E-state index in [-0.39, 0.29) is 17.9 Å². The Morgan fingerprint density at radius 1 is 1.15 bits per heavy atom. The molecule has 3 heterocycles. The van der Waals surface area contributed by atoms with Crippen molar-refractivity contribution in [2.45, 2.75) is 72.5 Å². The van der Waals surface area contributed by atoms with Crippen LogP contribution in [0.5, 0.6) is 5.88 Å². The van der Waals surface area contributed by atoms with Crippen molar-refractivity contribution in [2.75, 3.05) is 24.6 Å². The van der Waals surface area contributed by atoms with E-state index in [1.807, 2.05) is 32.9 Å². The van der Waals surface area contributed by atoms with E-state index in [1.165, 1.54) is 6.07 Å². The van der Waals surface area contributed by atoms with Gasteiger partial charge in [-0.2, -0.15) is 0 Å². The molecule has 0 radical (unpaired) electrons. The van der Waals surface area contributed by atoms with Gasteiger partial charge in [-0.15, -0.1) is 0 Å². The summed E-state index contributed by atoms with van der Waals surface area (Å²) in [4.78, 5) is 23.6. The molecule has 1 aromatic carbocycles. The van der Waals surface area contributed by atoms with Gasteiger partial charge in [0, 0.05) is 59.3 Å². The van der Waals surface area contributed by atoms with E-state index in [2.05, 4.69) is 28.7 Å². The van der Waals surface area contributed by atoms with Gasteiger partial charge in [0.1, 0.15) is 0 Å². The second-order valence-corrected chi connectivity index (χ2v) is 12.8. The summed E-state index contributed by atoms with van der Waals surface area (Å²) in [5.41, 5.74) is 3.30. The minimum Gasteiger partial charge on any atom is -0.479 e. The second-order valence-electron chi connectivity index (χ2n) is 12.4. The highest BCUT2D eigenvalue weighted by atomic mass is 35.5. The van der Waals surface area contributed by atoms with Crippen molar-refractivity contribution in [2.24, 2.45) is 5.41 Å². The zero-order chi connectivity index (χ0) is 29.9. The van der Waals surface area contributed by atoms with Crippen molar-refractivity contribution in [1.82, 2.24) is 9.97 Å². The Hall–Kier alpha value is -3.23. The summed E-state index contributed by atoms with van der Waals surface area (Å²) in [6, 6.07) is 8.78. The topological polar surface area (TPSA) is 84.8 Å². The summed E-state index contributed by atoms with van der Waals surface area (Å²) in [5.74, 6) is -1.80. The van der Waals surface area contributed by atoms with Gasteiger partial charge < -0.3 is 19.5 Å². The largest absolute Gasteiger partial charge is 0.479 e. The summed E-state index contributed by atoms with van der Waals surface area (Å²) in [6.45, 7) is 13.4. The average Bonchev–Trinajstić information content (AvgIpc) is 2.89. The molecule has 9 heteroatoms. The van der Waals surface area contributed by atoms with E-state index in [0.29, 0.717) is 39.5 Å². The lowest BCUT2D eigenvalue weighted by molar-refractivity contribution is -0.160. The molecule has 0 spiro atoms. The zero-order valence-electron chi connectivity index (χ0n) is 24.6. The van der Waals surface area contributed by atoms with Crippen LogP contribution in [0.3, 0.4) is 0 Å². The van der Waals surface area contributed by atoms with E-state index >= 15 is 4.39 Å². The first-order valence-electron chi connectivity index (χ1n) is 13.9. The van der Waals surface area contributed by atoms with Crippen LogP contribution in [0.1, 0.15) is 70.4 Å². The number of rotatable bonds is 9. The normalized spacial score (nSPS) is 16.0. The number of halogens is 2. The van der Waals surface area contributed by atoms with Gasteiger partial charge in [0.05, 0.1) is 17.9 Å². The number of nitrogens with zero attached hydrogens (tertiary/aromatic N) is 3. The van der Waals surface area contributed by atoms with Crippen LogP contribution in [0.25, 0.3) is 11.1 Å². The molecule has 1 aliphatic rings. The predicted octanol–water partition coefficient (Wildman–Crippen LogP) is 7.43. The second kappa shape index (κ2) is 12.3. The van der Waals surface area contributed by atoms with Crippen LogP contribution in [-0.2, 0) is 16.0 Å². The number of carboxylic acid groups (broad SMARTS) is 1. The van der Waals surface area contributed by atoms with E-state index in [1.54, 1.807) is 31.5 Å². The third-order valence-corrected chi connectivity index (χ3v) is 7.59. The molecule has 0 bridgehead atoms. The number of aromatic nitrogens is 2. The molecule has 41 heavy (non-hydrogen) atoms. The van der Waals surface area contributed by atoms with Gasteiger partial charge in [-0.05, 0) is 69.7 Å². The molecular weight excluding hydrogens is 545 g/mol. The number of aliphatic carboxylic acids is 1. The molecule has 7 nitrogen and oxygen atoms in total. The summed E-state index contributed by atoms with van der Waals surface area (Å²) in [6.07, 6.45) is 4.40. The van der Waals surface area contributed by atoms with E-state index in [4.69, 9.17) is 21.1 Å². The number of anilines is 1. The van der Waals surface area contributed by atoms with Gasteiger partial charge >= 0.3 is 5.97 Å². The Morgan fingerprint density at radius 2 is 1.80 bits per heavy atom. The fraction of sp³-hybridized carbons (Fsp3) is 0.469. The predicted molar refractivity (Wildman–Crippen MR) is 159 cm³/mol. The van der Waals surface area contributed by atoms with Gasteiger partial charge in [-0.25, -0.2) is 14.2 Å². The molecule has 0 unspecified atom stereocenters. The highest BCUT2D eigenvalue weighted by Gasteiger charge is 2.36. The highest BCUT2D eigenvalue weighted by Crippen LogP contribution is 2.43. The fourth-order valence-electron chi connectivity index (χ4n) is 4.99. The molecule has 0 aliphatic carbocycles. The Balaban J connectivity index is 1.71. The molecule has 1 atom stereocenters. The summed E-state index contributed by atoms with van der Waals surface area (Å²) < 4.78 is 27.1. The molecule has 0 amide bonds. The van der Waals surface area contributed by atoms with Gasteiger partial charge in [0.25, 0.3) is 0 Å². The Labute approximate surface area is 246 Å². The minimum absolute atomic E-state index is 0.0937. The number of aryl methyl sites for hydroxylation is 1. The molecule has 1 N–H and O–H groups in total. The maximum atomic E-state index is 15.3. The van der Waals surface area contributed by atoms with Crippen LogP contribution in [0.2, 0.25) is 5.02 Å². The van der Waals surface area contributed by atoms with Crippen LogP contribution < -0.4 is 9.64 Å². The van der Waals surface area contributed by atoms with Crippen molar-refractivity contribution >= 4 is 23.3 Å². The third-order valence-electron chi connectivity index (χ3n) is 7.34. The lowest BCUT2D eigenvalue weighted by atomic mass is 9.82. The van der Waals surface area contributed by atoms with Crippen molar-refractivity contribution in [3.8, 4) is 17.0 Å². The molecule has 220 valence electrons. The van der Waals surface area contributed by atoms with Crippen molar-refractivity contribution in [1.29, 1.82) is 0 Å². The molecule has 1 aliphatic heterocycles. The lowest BCUT2D eigenvalue weighted by Gasteiger charge is -2.40. The SMILES string of the molecule is Cc1ncc(-c2cnc(OCCc3ccc(Cl)cc3)c(F)c2)c(N2CCC(C)(C)CC2)c1[C@H](OC(C)(C)C)C(=O)O. The fourth-order valence-corrected chi connectivity index (χ4v) is 5.12. The van der Waals surface area contributed by atoms with Crippen LogP contribution >= 0.6 is 11.6 Å². The smallest absolute Gasteiger partial charge is 0.337 e. The number of pyridine rings is 2. The van der Waals surface area contributed by atoms with Crippen molar-refractivity contribution in [3.05, 3.63) is 70.4 Å². The summed E-state index contributed by atoms with van der Waals surface area (Å²) in [5, 5.41) is 10.9. The molecule has 2 aromatic heterocycles. The number of carbonyl (C=O) groups is 1. The van der Waals surface area contributed by atoms with Crippen LogP contribution in [-0.4, -0.2) is 46.3 Å². The highest BCUT2D eigenvalue weighted by molar-refractivity contribution is 6.30. The van der Waals surface area contributed by atoms with Crippen LogP contribution in [0.15, 0.2) is 42.7 Å².